The van der Waals surface area contributed by atoms with Gasteiger partial charge in [-0.1, -0.05) is 6.92 Å². The van der Waals surface area contributed by atoms with Crippen molar-refractivity contribution in [2.45, 2.75) is 13.3 Å². The zero-order valence-corrected chi connectivity index (χ0v) is 11.5. The van der Waals surface area contributed by atoms with Crippen molar-refractivity contribution in [2.24, 2.45) is 0 Å². The lowest BCUT2D eigenvalue weighted by Gasteiger charge is -2.20. The highest BCUT2D eigenvalue weighted by molar-refractivity contribution is 7.12. The van der Waals surface area contributed by atoms with E-state index in [1.54, 1.807) is 4.90 Å². The van der Waals surface area contributed by atoms with Gasteiger partial charge in [-0.3, -0.25) is 4.79 Å². The maximum atomic E-state index is 12.2. The molecular formula is C11H15Cl2NOS. The largest absolute Gasteiger partial charge is 0.336 e. The fraction of sp³-hybridized carbons (Fsp3) is 0.545. The standard InChI is InChI=1S/C11H15Cl2NOS/c1-2-9-3-8-16-10(9)11(15)14(6-4-12)7-5-13/h3,8H,2,4-7H2,1H3. The van der Waals surface area contributed by atoms with Crippen LogP contribution in [0.3, 0.4) is 0 Å². The molecule has 16 heavy (non-hydrogen) atoms. The highest BCUT2D eigenvalue weighted by Crippen LogP contribution is 2.19. The average Bonchev–Trinajstić information content (AvgIpc) is 2.75. The first kappa shape index (κ1) is 13.8. The van der Waals surface area contributed by atoms with Crippen LogP contribution in [0.15, 0.2) is 11.4 Å². The van der Waals surface area contributed by atoms with E-state index in [2.05, 4.69) is 0 Å². The number of alkyl halides is 2. The van der Waals surface area contributed by atoms with E-state index in [-0.39, 0.29) is 5.91 Å². The summed E-state index contributed by atoms with van der Waals surface area (Å²) in [5.74, 6) is 0.929. The topological polar surface area (TPSA) is 20.3 Å². The summed E-state index contributed by atoms with van der Waals surface area (Å²) in [6.07, 6.45) is 0.875. The Morgan fingerprint density at radius 3 is 2.50 bits per heavy atom. The van der Waals surface area contributed by atoms with Gasteiger partial charge in [0.25, 0.3) is 5.91 Å². The van der Waals surface area contributed by atoms with Crippen molar-refractivity contribution >= 4 is 40.4 Å². The third-order valence-corrected chi connectivity index (χ3v) is 3.60. The summed E-state index contributed by atoms with van der Waals surface area (Å²) >= 11 is 12.8. The van der Waals surface area contributed by atoms with Crippen molar-refractivity contribution in [3.63, 3.8) is 0 Å². The van der Waals surface area contributed by atoms with Gasteiger partial charge in [0, 0.05) is 24.8 Å². The van der Waals surface area contributed by atoms with E-state index in [0.717, 1.165) is 16.9 Å². The lowest BCUT2D eigenvalue weighted by molar-refractivity contribution is 0.0779. The molecular weight excluding hydrogens is 265 g/mol. The monoisotopic (exact) mass is 279 g/mol. The van der Waals surface area contributed by atoms with E-state index < -0.39 is 0 Å². The van der Waals surface area contributed by atoms with Crippen LogP contribution in [-0.4, -0.2) is 35.7 Å². The predicted molar refractivity (Wildman–Crippen MR) is 71.0 cm³/mol. The molecule has 0 bridgehead atoms. The van der Waals surface area contributed by atoms with Crippen LogP contribution < -0.4 is 0 Å². The van der Waals surface area contributed by atoms with Gasteiger partial charge in [0.15, 0.2) is 0 Å². The number of carbonyl (C=O) groups excluding carboxylic acids is 1. The molecule has 0 saturated carbocycles. The molecule has 0 fully saturated rings. The van der Waals surface area contributed by atoms with Crippen LogP contribution in [0.25, 0.3) is 0 Å². The van der Waals surface area contributed by atoms with Gasteiger partial charge < -0.3 is 4.90 Å². The number of hydrogen-bond donors (Lipinski definition) is 0. The molecule has 0 atom stereocenters. The number of nitrogens with zero attached hydrogens (tertiary/aromatic N) is 1. The van der Waals surface area contributed by atoms with Gasteiger partial charge in [0.1, 0.15) is 0 Å². The Labute approximate surface area is 110 Å². The second kappa shape index (κ2) is 7.15. The van der Waals surface area contributed by atoms with Gasteiger partial charge in [-0.25, -0.2) is 0 Å². The molecule has 0 spiro atoms. The highest BCUT2D eigenvalue weighted by atomic mass is 35.5. The third-order valence-electron chi connectivity index (χ3n) is 2.32. The average molecular weight is 280 g/mol. The van der Waals surface area contributed by atoms with Crippen LogP contribution in [-0.2, 0) is 6.42 Å². The summed E-state index contributed by atoms with van der Waals surface area (Å²) in [5, 5.41) is 1.95. The summed E-state index contributed by atoms with van der Waals surface area (Å²) in [6, 6.07) is 2.00. The molecule has 1 rings (SSSR count). The number of carbonyl (C=O) groups is 1. The van der Waals surface area contributed by atoms with Crippen LogP contribution >= 0.6 is 34.5 Å². The Morgan fingerprint density at radius 2 is 2.00 bits per heavy atom. The number of aryl methyl sites for hydroxylation is 1. The van der Waals surface area contributed by atoms with E-state index >= 15 is 0 Å². The van der Waals surface area contributed by atoms with Crippen molar-refractivity contribution in [3.8, 4) is 0 Å². The van der Waals surface area contributed by atoms with E-state index in [0.29, 0.717) is 24.8 Å². The lowest BCUT2D eigenvalue weighted by Crippen LogP contribution is -2.34. The quantitative estimate of drug-likeness (QED) is 0.733. The fourth-order valence-electron chi connectivity index (χ4n) is 1.46. The van der Waals surface area contributed by atoms with Gasteiger partial charge in [-0.15, -0.1) is 34.5 Å². The van der Waals surface area contributed by atoms with Crippen molar-refractivity contribution < 1.29 is 4.79 Å². The number of hydrogen-bond acceptors (Lipinski definition) is 2. The van der Waals surface area contributed by atoms with Gasteiger partial charge in [-0.2, -0.15) is 0 Å². The van der Waals surface area contributed by atoms with Crippen molar-refractivity contribution in [2.75, 3.05) is 24.8 Å². The van der Waals surface area contributed by atoms with Crippen molar-refractivity contribution in [1.82, 2.24) is 4.90 Å². The first-order valence-corrected chi connectivity index (χ1v) is 7.17. The summed E-state index contributed by atoms with van der Waals surface area (Å²) in [4.78, 5) is 14.7. The SMILES string of the molecule is CCc1ccsc1C(=O)N(CCCl)CCCl. The van der Waals surface area contributed by atoms with Gasteiger partial charge in [0.05, 0.1) is 4.88 Å². The van der Waals surface area contributed by atoms with Crippen LogP contribution in [0.2, 0.25) is 0 Å². The second-order valence-corrected chi connectivity index (χ2v) is 4.97. The normalized spacial score (nSPS) is 10.4. The minimum absolute atomic E-state index is 0.0492. The summed E-state index contributed by atoms with van der Waals surface area (Å²) < 4.78 is 0. The van der Waals surface area contributed by atoms with Crippen LogP contribution in [0.5, 0.6) is 0 Å². The molecule has 0 N–H and O–H groups in total. The van der Waals surface area contributed by atoms with E-state index in [4.69, 9.17) is 23.2 Å². The maximum absolute atomic E-state index is 12.2. The number of rotatable bonds is 6. The molecule has 0 unspecified atom stereocenters. The van der Waals surface area contributed by atoms with Gasteiger partial charge >= 0.3 is 0 Å². The van der Waals surface area contributed by atoms with Crippen LogP contribution in [0.4, 0.5) is 0 Å². The summed E-state index contributed by atoms with van der Waals surface area (Å²) in [6.45, 7) is 3.15. The van der Waals surface area contributed by atoms with E-state index in [1.807, 2.05) is 18.4 Å². The molecule has 0 aliphatic heterocycles. The van der Waals surface area contributed by atoms with Crippen molar-refractivity contribution in [1.29, 1.82) is 0 Å². The Balaban J connectivity index is 2.81. The molecule has 0 aliphatic carbocycles. The Hall–Kier alpha value is -0.250. The smallest absolute Gasteiger partial charge is 0.264 e. The molecule has 1 heterocycles. The fourth-order valence-corrected chi connectivity index (χ4v) is 2.83. The lowest BCUT2D eigenvalue weighted by atomic mass is 10.2. The Kier molecular flexibility index (Phi) is 6.17. The number of thiophene rings is 1. The zero-order chi connectivity index (χ0) is 12.0. The van der Waals surface area contributed by atoms with Gasteiger partial charge in [-0.05, 0) is 23.4 Å². The Bertz CT molecular complexity index is 334. The first-order valence-electron chi connectivity index (χ1n) is 5.22. The van der Waals surface area contributed by atoms with Gasteiger partial charge in [0.2, 0.25) is 0 Å². The second-order valence-electron chi connectivity index (χ2n) is 3.30. The van der Waals surface area contributed by atoms with E-state index in [9.17, 15) is 4.79 Å². The number of halogens is 2. The molecule has 2 nitrogen and oxygen atoms in total. The maximum Gasteiger partial charge on any atom is 0.264 e. The molecule has 1 amide bonds. The molecule has 0 saturated heterocycles. The van der Waals surface area contributed by atoms with Crippen LogP contribution in [0, 0.1) is 0 Å². The highest BCUT2D eigenvalue weighted by Gasteiger charge is 2.18. The third kappa shape index (κ3) is 3.37. The minimum Gasteiger partial charge on any atom is -0.336 e. The molecule has 0 aromatic carbocycles. The molecule has 1 aromatic heterocycles. The molecule has 0 aliphatic rings. The molecule has 0 radical (unpaired) electrons. The summed E-state index contributed by atoms with van der Waals surface area (Å²) in [7, 11) is 0. The molecule has 5 heteroatoms. The minimum atomic E-state index is 0.0492. The first-order chi connectivity index (χ1) is 7.74. The number of amides is 1. The van der Waals surface area contributed by atoms with Crippen LogP contribution in [0.1, 0.15) is 22.2 Å². The predicted octanol–water partition coefficient (Wildman–Crippen LogP) is 3.23. The Morgan fingerprint density at radius 1 is 1.38 bits per heavy atom. The van der Waals surface area contributed by atoms with Crippen molar-refractivity contribution in [3.05, 3.63) is 21.9 Å². The zero-order valence-electron chi connectivity index (χ0n) is 9.21. The summed E-state index contributed by atoms with van der Waals surface area (Å²) in [5.41, 5.74) is 1.10. The molecule has 1 aromatic rings. The molecule has 90 valence electrons. The van der Waals surface area contributed by atoms with E-state index in [1.165, 1.54) is 11.3 Å².